The molecular formula is C14H10BrN3O2. The summed E-state index contributed by atoms with van der Waals surface area (Å²) in [4.78, 5) is 8.28. The molecule has 0 radical (unpaired) electrons. The molecule has 3 rings (SSSR count). The lowest BCUT2D eigenvalue weighted by Gasteiger charge is -2.02. The maximum atomic E-state index is 5.56. The van der Waals surface area contributed by atoms with Crippen molar-refractivity contribution in [1.29, 1.82) is 0 Å². The second kappa shape index (κ2) is 5.83. The predicted octanol–water partition coefficient (Wildman–Crippen LogP) is 3.47. The average Bonchev–Trinajstić information content (AvgIpc) is 2.97. The van der Waals surface area contributed by atoms with Gasteiger partial charge in [-0.3, -0.25) is 4.98 Å². The molecular weight excluding hydrogens is 322 g/mol. The summed E-state index contributed by atoms with van der Waals surface area (Å²) in [5, 5.41) is 3.90. The van der Waals surface area contributed by atoms with Crippen LogP contribution in [-0.2, 0) is 6.61 Å². The van der Waals surface area contributed by atoms with Crippen LogP contribution in [0.25, 0.3) is 11.4 Å². The van der Waals surface area contributed by atoms with Crippen LogP contribution in [0.1, 0.15) is 5.89 Å². The maximum Gasteiger partial charge on any atom is 0.264 e. The van der Waals surface area contributed by atoms with E-state index in [0.717, 1.165) is 15.8 Å². The molecule has 6 heteroatoms. The number of rotatable bonds is 4. The van der Waals surface area contributed by atoms with E-state index in [0.29, 0.717) is 11.7 Å². The molecule has 0 fully saturated rings. The maximum absolute atomic E-state index is 5.56. The Hall–Kier alpha value is -2.21. The minimum absolute atomic E-state index is 0.231. The van der Waals surface area contributed by atoms with Crippen molar-refractivity contribution in [2.24, 2.45) is 0 Å². The van der Waals surface area contributed by atoms with E-state index in [1.807, 2.05) is 36.4 Å². The first-order valence-corrected chi connectivity index (χ1v) is 6.72. The molecule has 2 aromatic heterocycles. The summed E-state index contributed by atoms with van der Waals surface area (Å²) < 4.78 is 11.7. The lowest BCUT2D eigenvalue weighted by atomic mass is 10.3. The fraction of sp³-hybridized carbons (Fsp3) is 0.0714. The summed E-state index contributed by atoms with van der Waals surface area (Å²) >= 11 is 3.37. The van der Waals surface area contributed by atoms with Gasteiger partial charge < -0.3 is 9.26 Å². The first-order valence-electron chi connectivity index (χ1n) is 5.92. The van der Waals surface area contributed by atoms with Gasteiger partial charge in [0.2, 0.25) is 5.82 Å². The van der Waals surface area contributed by atoms with Crippen molar-refractivity contribution in [2.45, 2.75) is 6.61 Å². The second-order valence-corrected chi connectivity index (χ2v) is 4.91. The van der Waals surface area contributed by atoms with Gasteiger partial charge in [0.25, 0.3) is 5.89 Å². The molecule has 3 aromatic rings. The lowest BCUT2D eigenvalue weighted by molar-refractivity contribution is 0.243. The largest absolute Gasteiger partial charge is 0.484 e. The van der Waals surface area contributed by atoms with Gasteiger partial charge in [-0.05, 0) is 36.4 Å². The lowest BCUT2D eigenvalue weighted by Crippen LogP contribution is -1.95. The van der Waals surface area contributed by atoms with Crippen LogP contribution in [0.15, 0.2) is 57.8 Å². The monoisotopic (exact) mass is 331 g/mol. The number of nitrogens with zero attached hydrogens (tertiary/aromatic N) is 3. The zero-order chi connectivity index (χ0) is 13.8. The molecule has 0 bridgehead atoms. The first kappa shape index (κ1) is 12.8. The minimum atomic E-state index is 0.231. The van der Waals surface area contributed by atoms with Crippen molar-refractivity contribution in [3.63, 3.8) is 0 Å². The molecule has 1 aromatic carbocycles. The number of pyridine rings is 1. The molecule has 0 aliphatic carbocycles. The minimum Gasteiger partial charge on any atom is -0.484 e. The normalized spacial score (nSPS) is 10.4. The number of benzene rings is 1. The van der Waals surface area contributed by atoms with Gasteiger partial charge in [-0.1, -0.05) is 21.1 Å². The second-order valence-electron chi connectivity index (χ2n) is 4.00. The van der Waals surface area contributed by atoms with Gasteiger partial charge >= 0.3 is 0 Å². The molecule has 5 nitrogen and oxygen atoms in total. The molecule has 0 aliphatic heterocycles. The van der Waals surface area contributed by atoms with Crippen molar-refractivity contribution in [3.05, 3.63) is 59.2 Å². The Kier molecular flexibility index (Phi) is 3.73. The van der Waals surface area contributed by atoms with E-state index < -0.39 is 0 Å². The summed E-state index contributed by atoms with van der Waals surface area (Å²) in [5.41, 5.74) is 0.811. The van der Waals surface area contributed by atoms with Crippen molar-refractivity contribution in [2.75, 3.05) is 0 Å². The smallest absolute Gasteiger partial charge is 0.264 e. The summed E-state index contributed by atoms with van der Waals surface area (Å²) in [6.45, 7) is 0.231. The van der Waals surface area contributed by atoms with Gasteiger partial charge in [-0.25, -0.2) is 0 Å². The molecule has 0 atom stereocenters. The van der Waals surface area contributed by atoms with Gasteiger partial charge in [0.15, 0.2) is 6.61 Å². The molecule has 0 unspecified atom stereocenters. The van der Waals surface area contributed by atoms with Gasteiger partial charge in [0.1, 0.15) is 5.75 Å². The summed E-state index contributed by atoms with van der Waals surface area (Å²) in [7, 11) is 0. The van der Waals surface area contributed by atoms with Crippen LogP contribution in [0.5, 0.6) is 5.75 Å². The topological polar surface area (TPSA) is 61.0 Å². The Morgan fingerprint density at radius 2 is 2.00 bits per heavy atom. The van der Waals surface area contributed by atoms with E-state index >= 15 is 0 Å². The first-order chi connectivity index (χ1) is 9.81. The highest BCUT2D eigenvalue weighted by Crippen LogP contribution is 2.18. The van der Waals surface area contributed by atoms with Crippen LogP contribution in [0, 0.1) is 0 Å². The molecule has 0 saturated carbocycles. The third-order valence-corrected chi connectivity index (χ3v) is 3.09. The summed E-state index contributed by atoms with van der Waals surface area (Å²) in [6.07, 6.45) is 3.38. The number of ether oxygens (including phenoxy) is 1. The van der Waals surface area contributed by atoms with Crippen molar-refractivity contribution in [3.8, 4) is 17.1 Å². The fourth-order valence-corrected chi connectivity index (χ4v) is 1.87. The SMILES string of the molecule is Brc1ccc(OCc2nc(-c3cccnc3)no2)cc1. The van der Waals surface area contributed by atoms with Crippen LogP contribution < -0.4 is 4.74 Å². The third-order valence-electron chi connectivity index (χ3n) is 2.56. The average molecular weight is 332 g/mol. The standard InChI is InChI=1S/C14H10BrN3O2/c15-11-3-5-12(6-4-11)19-9-13-17-14(18-20-13)10-2-1-7-16-8-10/h1-8H,9H2. The van der Waals surface area contributed by atoms with Crippen molar-refractivity contribution >= 4 is 15.9 Å². The Morgan fingerprint density at radius 1 is 1.15 bits per heavy atom. The Bertz CT molecular complexity index is 683. The number of hydrogen-bond acceptors (Lipinski definition) is 5. The van der Waals surface area contributed by atoms with E-state index in [-0.39, 0.29) is 6.61 Å². The van der Waals surface area contributed by atoms with E-state index in [1.54, 1.807) is 12.4 Å². The molecule has 0 aliphatic rings. The molecule has 0 spiro atoms. The number of halogens is 1. The van der Waals surface area contributed by atoms with E-state index in [9.17, 15) is 0 Å². The third kappa shape index (κ3) is 3.03. The quantitative estimate of drug-likeness (QED) is 0.732. The number of hydrogen-bond donors (Lipinski definition) is 0. The zero-order valence-corrected chi connectivity index (χ0v) is 11.9. The molecule has 2 heterocycles. The van der Waals surface area contributed by atoms with Crippen LogP contribution in [0.3, 0.4) is 0 Å². The molecule has 100 valence electrons. The Balaban J connectivity index is 1.67. The van der Waals surface area contributed by atoms with Crippen LogP contribution >= 0.6 is 15.9 Å². The van der Waals surface area contributed by atoms with E-state index in [1.165, 1.54) is 0 Å². The highest BCUT2D eigenvalue weighted by molar-refractivity contribution is 9.10. The molecule has 0 amide bonds. The molecule has 0 saturated heterocycles. The Labute approximate surface area is 123 Å². The van der Waals surface area contributed by atoms with Crippen molar-refractivity contribution in [1.82, 2.24) is 15.1 Å². The van der Waals surface area contributed by atoms with Crippen LogP contribution in [0.2, 0.25) is 0 Å². The number of aromatic nitrogens is 3. The predicted molar refractivity (Wildman–Crippen MR) is 76.0 cm³/mol. The summed E-state index contributed by atoms with van der Waals surface area (Å²) in [6, 6.07) is 11.2. The van der Waals surface area contributed by atoms with Gasteiger partial charge in [-0.15, -0.1) is 0 Å². The molecule has 0 N–H and O–H groups in total. The fourth-order valence-electron chi connectivity index (χ4n) is 1.60. The van der Waals surface area contributed by atoms with Gasteiger partial charge in [0.05, 0.1) is 0 Å². The highest BCUT2D eigenvalue weighted by atomic mass is 79.9. The Morgan fingerprint density at radius 3 is 2.75 bits per heavy atom. The van der Waals surface area contributed by atoms with Gasteiger partial charge in [-0.2, -0.15) is 4.98 Å². The van der Waals surface area contributed by atoms with E-state index in [2.05, 4.69) is 31.1 Å². The highest BCUT2D eigenvalue weighted by Gasteiger charge is 2.09. The van der Waals surface area contributed by atoms with Crippen LogP contribution in [0.4, 0.5) is 0 Å². The van der Waals surface area contributed by atoms with Crippen LogP contribution in [-0.4, -0.2) is 15.1 Å². The summed E-state index contributed by atoms with van der Waals surface area (Å²) in [5.74, 6) is 1.67. The molecule has 20 heavy (non-hydrogen) atoms. The van der Waals surface area contributed by atoms with Crippen molar-refractivity contribution < 1.29 is 9.26 Å². The zero-order valence-electron chi connectivity index (χ0n) is 10.4. The van der Waals surface area contributed by atoms with Gasteiger partial charge in [0, 0.05) is 22.4 Å². The van der Waals surface area contributed by atoms with E-state index in [4.69, 9.17) is 9.26 Å².